The number of carboxylic acids is 1. The van der Waals surface area contributed by atoms with Crippen molar-refractivity contribution in [1.29, 1.82) is 0 Å². The largest absolute Gasteiger partial charge is 0.480 e. The Bertz CT molecular complexity index is 334. The van der Waals surface area contributed by atoms with E-state index >= 15 is 0 Å². The number of rotatable bonds is 5. The third kappa shape index (κ3) is 3.53. The van der Waals surface area contributed by atoms with Gasteiger partial charge in [0.2, 0.25) is 0 Å². The quantitative estimate of drug-likeness (QED) is 0.814. The Morgan fingerprint density at radius 2 is 2.05 bits per heavy atom. The van der Waals surface area contributed by atoms with Gasteiger partial charge in [0.1, 0.15) is 5.54 Å². The van der Waals surface area contributed by atoms with Crippen molar-refractivity contribution in [1.82, 2.24) is 5.32 Å². The molecule has 0 bridgehead atoms. The van der Waals surface area contributed by atoms with E-state index in [1.165, 1.54) is 19.3 Å². The topological polar surface area (TPSA) is 58.6 Å². The van der Waals surface area contributed by atoms with E-state index in [-0.39, 0.29) is 6.10 Å². The van der Waals surface area contributed by atoms with Gasteiger partial charge in [0.15, 0.2) is 0 Å². The molecule has 4 atom stereocenters. The van der Waals surface area contributed by atoms with Crippen molar-refractivity contribution in [2.24, 2.45) is 5.92 Å². The number of hydrogen-bond acceptors (Lipinski definition) is 3. The van der Waals surface area contributed by atoms with Gasteiger partial charge in [-0.1, -0.05) is 26.2 Å². The van der Waals surface area contributed by atoms with Gasteiger partial charge in [0, 0.05) is 6.42 Å². The Labute approximate surface area is 122 Å². The molecule has 2 rings (SSSR count). The van der Waals surface area contributed by atoms with Gasteiger partial charge in [-0.2, -0.15) is 0 Å². The van der Waals surface area contributed by atoms with E-state index in [9.17, 15) is 9.90 Å². The van der Waals surface area contributed by atoms with Crippen LogP contribution in [0.2, 0.25) is 0 Å². The molecule has 20 heavy (non-hydrogen) atoms. The molecule has 4 nitrogen and oxygen atoms in total. The molecule has 4 heteroatoms. The molecule has 0 aliphatic heterocycles. The first-order valence-corrected chi connectivity index (χ1v) is 8.17. The SMILES string of the molecule is CCC1CCCC(OC2CCCC(NC)(C(=O)O)C2)C1. The average Bonchev–Trinajstić information content (AvgIpc) is 2.47. The monoisotopic (exact) mass is 283 g/mol. The smallest absolute Gasteiger partial charge is 0.323 e. The highest BCUT2D eigenvalue weighted by atomic mass is 16.5. The summed E-state index contributed by atoms with van der Waals surface area (Å²) in [5.41, 5.74) is -0.776. The fraction of sp³-hybridized carbons (Fsp3) is 0.938. The van der Waals surface area contributed by atoms with Crippen LogP contribution >= 0.6 is 0 Å². The molecule has 0 heterocycles. The molecule has 2 saturated carbocycles. The molecule has 2 N–H and O–H groups in total. The molecule has 2 aliphatic carbocycles. The maximum Gasteiger partial charge on any atom is 0.323 e. The van der Waals surface area contributed by atoms with Gasteiger partial charge in [0.05, 0.1) is 12.2 Å². The molecule has 0 saturated heterocycles. The Kier molecular flexibility index (Phi) is 5.44. The van der Waals surface area contributed by atoms with Crippen LogP contribution in [0.3, 0.4) is 0 Å². The summed E-state index contributed by atoms with van der Waals surface area (Å²) in [6.07, 6.45) is 9.83. The van der Waals surface area contributed by atoms with Gasteiger partial charge in [-0.25, -0.2) is 0 Å². The summed E-state index contributed by atoms with van der Waals surface area (Å²) in [4.78, 5) is 11.5. The molecule has 116 valence electrons. The summed E-state index contributed by atoms with van der Waals surface area (Å²) in [6.45, 7) is 2.25. The van der Waals surface area contributed by atoms with Gasteiger partial charge in [0.25, 0.3) is 0 Å². The molecule has 2 fully saturated rings. The normalized spacial score (nSPS) is 38.6. The zero-order valence-corrected chi connectivity index (χ0v) is 12.9. The lowest BCUT2D eigenvalue weighted by atomic mass is 9.79. The number of likely N-dealkylation sites (N-methyl/N-ethyl adjacent to an activating group) is 1. The Hall–Kier alpha value is -0.610. The van der Waals surface area contributed by atoms with Crippen LogP contribution in [0.25, 0.3) is 0 Å². The van der Waals surface area contributed by atoms with E-state index < -0.39 is 11.5 Å². The highest BCUT2D eigenvalue weighted by Crippen LogP contribution is 2.34. The Balaban J connectivity index is 1.91. The number of ether oxygens (including phenoxy) is 1. The predicted molar refractivity (Wildman–Crippen MR) is 78.8 cm³/mol. The Morgan fingerprint density at radius 3 is 2.70 bits per heavy atom. The third-order valence-corrected chi connectivity index (χ3v) is 5.29. The first kappa shape index (κ1) is 15.8. The first-order valence-electron chi connectivity index (χ1n) is 8.17. The maximum absolute atomic E-state index is 11.5. The van der Waals surface area contributed by atoms with E-state index in [0.29, 0.717) is 18.9 Å². The molecule has 0 spiro atoms. The molecular formula is C16H29NO3. The summed E-state index contributed by atoms with van der Waals surface area (Å²) < 4.78 is 6.27. The second kappa shape index (κ2) is 6.90. The van der Waals surface area contributed by atoms with E-state index in [1.54, 1.807) is 7.05 Å². The number of aliphatic carboxylic acids is 1. The van der Waals surface area contributed by atoms with Crippen molar-refractivity contribution in [2.75, 3.05) is 7.05 Å². The number of carbonyl (C=O) groups is 1. The molecule has 0 radical (unpaired) electrons. The third-order valence-electron chi connectivity index (χ3n) is 5.29. The molecule has 2 aliphatic rings. The van der Waals surface area contributed by atoms with E-state index in [0.717, 1.165) is 31.6 Å². The first-order chi connectivity index (χ1) is 9.59. The van der Waals surface area contributed by atoms with Gasteiger partial charge in [-0.15, -0.1) is 0 Å². The van der Waals surface area contributed by atoms with E-state index in [1.807, 2.05) is 0 Å². The van der Waals surface area contributed by atoms with Crippen LogP contribution in [0.5, 0.6) is 0 Å². The van der Waals surface area contributed by atoms with Crippen molar-refractivity contribution in [2.45, 2.75) is 82.5 Å². The zero-order valence-electron chi connectivity index (χ0n) is 12.9. The number of nitrogens with one attached hydrogen (secondary N) is 1. The van der Waals surface area contributed by atoms with Crippen LogP contribution in [0.1, 0.15) is 64.7 Å². The number of hydrogen-bond donors (Lipinski definition) is 2. The average molecular weight is 283 g/mol. The van der Waals surface area contributed by atoms with Crippen LogP contribution in [0, 0.1) is 5.92 Å². The summed E-state index contributed by atoms with van der Waals surface area (Å²) >= 11 is 0. The van der Waals surface area contributed by atoms with Gasteiger partial charge in [-0.05, 0) is 45.1 Å². The molecule has 0 aromatic carbocycles. The summed E-state index contributed by atoms with van der Waals surface area (Å²) in [7, 11) is 1.75. The van der Waals surface area contributed by atoms with Crippen LogP contribution in [-0.4, -0.2) is 35.9 Å². The van der Waals surface area contributed by atoms with Crippen LogP contribution in [0.4, 0.5) is 0 Å². The molecule has 4 unspecified atom stereocenters. The summed E-state index contributed by atoms with van der Waals surface area (Å²) in [6, 6.07) is 0. The number of carboxylic acid groups (broad SMARTS) is 1. The van der Waals surface area contributed by atoms with Crippen LogP contribution in [-0.2, 0) is 9.53 Å². The minimum Gasteiger partial charge on any atom is -0.480 e. The van der Waals surface area contributed by atoms with Crippen LogP contribution < -0.4 is 5.32 Å². The van der Waals surface area contributed by atoms with Crippen molar-refractivity contribution >= 4 is 5.97 Å². The van der Waals surface area contributed by atoms with Crippen molar-refractivity contribution in [3.8, 4) is 0 Å². The minimum absolute atomic E-state index is 0.105. The predicted octanol–water partition coefficient (Wildman–Crippen LogP) is 2.96. The van der Waals surface area contributed by atoms with E-state index in [2.05, 4.69) is 12.2 Å². The Morgan fingerprint density at radius 1 is 1.30 bits per heavy atom. The highest BCUT2D eigenvalue weighted by Gasteiger charge is 2.42. The van der Waals surface area contributed by atoms with E-state index in [4.69, 9.17) is 4.74 Å². The lowest BCUT2D eigenvalue weighted by Gasteiger charge is -2.39. The zero-order chi connectivity index (χ0) is 14.6. The molecule has 0 amide bonds. The lowest BCUT2D eigenvalue weighted by Crippen LogP contribution is -2.55. The van der Waals surface area contributed by atoms with Crippen molar-refractivity contribution in [3.05, 3.63) is 0 Å². The van der Waals surface area contributed by atoms with Gasteiger partial charge < -0.3 is 15.2 Å². The minimum atomic E-state index is -0.776. The second-order valence-corrected chi connectivity index (χ2v) is 6.55. The fourth-order valence-corrected chi connectivity index (χ4v) is 3.88. The van der Waals surface area contributed by atoms with Crippen molar-refractivity contribution in [3.63, 3.8) is 0 Å². The van der Waals surface area contributed by atoms with Gasteiger partial charge >= 0.3 is 5.97 Å². The highest BCUT2D eigenvalue weighted by molar-refractivity contribution is 5.79. The second-order valence-electron chi connectivity index (χ2n) is 6.55. The lowest BCUT2D eigenvalue weighted by molar-refractivity contribution is -0.150. The van der Waals surface area contributed by atoms with Gasteiger partial charge in [-0.3, -0.25) is 4.79 Å². The standard InChI is InChI=1S/C16H29NO3/c1-3-12-6-4-7-13(10-12)20-14-8-5-9-16(11-14,17-2)15(18)19/h12-14,17H,3-11H2,1-2H3,(H,18,19). The summed E-state index contributed by atoms with van der Waals surface area (Å²) in [5.74, 6) is 0.0641. The van der Waals surface area contributed by atoms with Crippen molar-refractivity contribution < 1.29 is 14.6 Å². The van der Waals surface area contributed by atoms with Crippen LogP contribution in [0.15, 0.2) is 0 Å². The summed E-state index contributed by atoms with van der Waals surface area (Å²) in [5, 5.41) is 12.5. The molecule has 0 aromatic heterocycles. The molecular weight excluding hydrogens is 254 g/mol. The maximum atomic E-state index is 11.5. The fourth-order valence-electron chi connectivity index (χ4n) is 3.88. The molecule has 0 aromatic rings.